The summed E-state index contributed by atoms with van der Waals surface area (Å²) in [5.41, 5.74) is 2.42. The lowest BCUT2D eigenvalue weighted by atomic mass is 10.1. The highest BCUT2D eigenvalue weighted by Gasteiger charge is 2.18. The average Bonchev–Trinajstić information content (AvgIpc) is 2.75. The molecule has 13 heavy (non-hydrogen) atoms. The Labute approximate surface area is 78.9 Å². The molecule has 0 radical (unpaired) electrons. The molecular formula is C10H17N3. The van der Waals surface area contributed by atoms with Crippen LogP contribution in [0, 0.1) is 0 Å². The quantitative estimate of drug-likeness (QED) is 0.728. The van der Waals surface area contributed by atoms with Crippen molar-refractivity contribution in [1.29, 1.82) is 0 Å². The van der Waals surface area contributed by atoms with Crippen LogP contribution in [0.4, 0.5) is 0 Å². The van der Waals surface area contributed by atoms with E-state index in [0.717, 1.165) is 6.54 Å². The van der Waals surface area contributed by atoms with Crippen molar-refractivity contribution in [3.63, 3.8) is 0 Å². The Hall–Kier alpha value is -0.830. The first kappa shape index (κ1) is 8.75. The van der Waals surface area contributed by atoms with Crippen molar-refractivity contribution in [3.05, 3.63) is 17.5 Å². The fourth-order valence-electron chi connectivity index (χ4n) is 1.78. The van der Waals surface area contributed by atoms with E-state index in [2.05, 4.69) is 35.4 Å². The summed E-state index contributed by atoms with van der Waals surface area (Å²) < 4.78 is 0. The minimum atomic E-state index is 0.514. The van der Waals surface area contributed by atoms with Gasteiger partial charge in [-0.1, -0.05) is 13.8 Å². The van der Waals surface area contributed by atoms with Crippen LogP contribution >= 0.6 is 0 Å². The lowest BCUT2D eigenvalue weighted by Gasteiger charge is -2.05. The summed E-state index contributed by atoms with van der Waals surface area (Å²) in [6.45, 7) is 5.48. The molecule has 1 aromatic heterocycles. The van der Waals surface area contributed by atoms with Crippen molar-refractivity contribution in [3.8, 4) is 0 Å². The lowest BCUT2D eigenvalue weighted by molar-refractivity contribution is 0.625. The Kier molecular flexibility index (Phi) is 2.36. The Morgan fingerprint density at radius 3 is 2.92 bits per heavy atom. The average molecular weight is 179 g/mol. The summed E-state index contributed by atoms with van der Waals surface area (Å²) in [5, 5.41) is 10.9. The SMILES string of the molecule is CC(C)c1cc(C2CCCN2)[nH]n1. The van der Waals surface area contributed by atoms with E-state index < -0.39 is 0 Å². The monoisotopic (exact) mass is 179 g/mol. The van der Waals surface area contributed by atoms with Gasteiger partial charge in [-0.15, -0.1) is 0 Å². The summed E-state index contributed by atoms with van der Waals surface area (Å²) in [4.78, 5) is 0. The molecule has 0 spiro atoms. The predicted octanol–water partition coefficient (Wildman–Crippen LogP) is 1.96. The van der Waals surface area contributed by atoms with Crippen molar-refractivity contribution in [2.45, 2.75) is 38.6 Å². The minimum absolute atomic E-state index is 0.514. The van der Waals surface area contributed by atoms with Crippen molar-refractivity contribution >= 4 is 0 Å². The zero-order valence-electron chi connectivity index (χ0n) is 8.30. The van der Waals surface area contributed by atoms with Crippen molar-refractivity contribution in [2.75, 3.05) is 6.54 Å². The van der Waals surface area contributed by atoms with Crippen molar-refractivity contribution in [2.24, 2.45) is 0 Å². The third-order valence-corrected chi connectivity index (χ3v) is 2.64. The van der Waals surface area contributed by atoms with Gasteiger partial charge in [-0.25, -0.2) is 0 Å². The van der Waals surface area contributed by atoms with E-state index >= 15 is 0 Å². The highest BCUT2D eigenvalue weighted by atomic mass is 15.1. The molecule has 3 nitrogen and oxygen atoms in total. The van der Waals surface area contributed by atoms with E-state index in [1.165, 1.54) is 24.2 Å². The number of aromatic amines is 1. The fraction of sp³-hybridized carbons (Fsp3) is 0.700. The summed E-state index contributed by atoms with van der Waals surface area (Å²) in [6, 6.07) is 2.70. The van der Waals surface area contributed by atoms with Crippen LogP contribution in [0.2, 0.25) is 0 Å². The fourth-order valence-corrected chi connectivity index (χ4v) is 1.78. The van der Waals surface area contributed by atoms with Gasteiger partial charge in [0.1, 0.15) is 0 Å². The largest absolute Gasteiger partial charge is 0.309 e. The third-order valence-electron chi connectivity index (χ3n) is 2.64. The molecule has 0 saturated carbocycles. The highest BCUT2D eigenvalue weighted by molar-refractivity contribution is 5.15. The number of rotatable bonds is 2. The van der Waals surface area contributed by atoms with Gasteiger partial charge in [0.15, 0.2) is 0 Å². The van der Waals surface area contributed by atoms with E-state index in [1.807, 2.05) is 0 Å². The molecule has 1 aliphatic heterocycles. The van der Waals surface area contributed by atoms with Crippen LogP contribution in [0.5, 0.6) is 0 Å². The van der Waals surface area contributed by atoms with Crippen LogP contribution in [-0.4, -0.2) is 16.7 Å². The first-order valence-electron chi connectivity index (χ1n) is 5.06. The van der Waals surface area contributed by atoms with Crippen LogP contribution < -0.4 is 5.32 Å². The molecule has 1 fully saturated rings. The summed E-state index contributed by atoms with van der Waals surface area (Å²) in [7, 11) is 0. The Morgan fingerprint density at radius 1 is 1.54 bits per heavy atom. The topological polar surface area (TPSA) is 40.7 Å². The van der Waals surface area contributed by atoms with Gasteiger partial charge in [0.25, 0.3) is 0 Å². The standard InChI is InChI=1S/C10H17N3/c1-7(2)9-6-10(13-12-9)8-4-3-5-11-8/h6-8,11H,3-5H2,1-2H3,(H,12,13). The number of nitrogens with one attached hydrogen (secondary N) is 2. The van der Waals surface area contributed by atoms with Gasteiger partial charge in [-0.3, -0.25) is 5.10 Å². The second-order valence-electron chi connectivity index (χ2n) is 4.05. The van der Waals surface area contributed by atoms with Crippen molar-refractivity contribution in [1.82, 2.24) is 15.5 Å². The van der Waals surface area contributed by atoms with Crippen LogP contribution in [0.15, 0.2) is 6.07 Å². The van der Waals surface area contributed by atoms with E-state index in [-0.39, 0.29) is 0 Å². The number of H-pyrrole nitrogens is 1. The normalized spacial score (nSPS) is 22.8. The van der Waals surface area contributed by atoms with Gasteiger partial charge >= 0.3 is 0 Å². The molecule has 1 unspecified atom stereocenters. The second-order valence-corrected chi connectivity index (χ2v) is 4.05. The van der Waals surface area contributed by atoms with Gasteiger partial charge in [-0.2, -0.15) is 5.10 Å². The maximum absolute atomic E-state index is 4.30. The van der Waals surface area contributed by atoms with Crippen LogP contribution in [0.1, 0.15) is 50.0 Å². The van der Waals surface area contributed by atoms with Gasteiger partial charge in [0.05, 0.1) is 11.4 Å². The number of nitrogens with zero attached hydrogens (tertiary/aromatic N) is 1. The van der Waals surface area contributed by atoms with Crippen molar-refractivity contribution < 1.29 is 0 Å². The third kappa shape index (κ3) is 1.75. The molecular weight excluding hydrogens is 162 g/mol. The summed E-state index contributed by atoms with van der Waals surface area (Å²) in [6.07, 6.45) is 2.51. The van der Waals surface area contributed by atoms with Crippen LogP contribution in [0.25, 0.3) is 0 Å². The maximum Gasteiger partial charge on any atom is 0.0650 e. The smallest absolute Gasteiger partial charge is 0.0650 e. The zero-order chi connectivity index (χ0) is 9.26. The molecule has 1 aromatic rings. The first-order valence-corrected chi connectivity index (χ1v) is 5.06. The van der Waals surface area contributed by atoms with Crippen LogP contribution in [-0.2, 0) is 0 Å². The van der Waals surface area contributed by atoms with Gasteiger partial charge < -0.3 is 5.32 Å². The molecule has 0 aromatic carbocycles. The number of hydrogen-bond donors (Lipinski definition) is 2. The molecule has 1 saturated heterocycles. The van der Waals surface area contributed by atoms with Gasteiger partial charge in [0, 0.05) is 6.04 Å². The maximum atomic E-state index is 4.30. The molecule has 3 heteroatoms. The lowest BCUT2D eigenvalue weighted by Crippen LogP contribution is -2.12. The minimum Gasteiger partial charge on any atom is -0.309 e. The van der Waals surface area contributed by atoms with Gasteiger partial charge in [0.2, 0.25) is 0 Å². The molecule has 1 atom stereocenters. The summed E-state index contributed by atoms with van der Waals surface area (Å²) in [5.74, 6) is 0.520. The Balaban J connectivity index is 2.12. The molecule has 0 aliphatic carbocycles. The van der Waals surface area contributed by atoms with E-state index in [9.17, 15) is 0 Å². The molecule has 2 rings (SSSR count). The van der Waals surface area contributed by atoms with Gasteiger partial charge in [-0.05, 0) is 31.4 Å². The van der Waals surface area contributed by atoms with E-state index in [0.29, 0.717) is 12.0 Å². The van der Waals surface area contributed by atoms with E-state index in [4.69, 9.17) is 0 Å². The van der Waals surface area contributed by atoms with Crippen LogP contribution in [0.3, 0.4) is 0 Å². The second kappa shape index (κ2) is 3.50. The first-order chi connectivity index (χ1) is 6.27. The molecule has 2 heterocycles. The molecule has 72 valence electrons. The molecule has 0 bridgehead atoms. The zero-order valence-corrected chi connectivity index (χ0v) is 8.30. The summed E-state index contributed by atoms with van der Waals surface area (Å²) >= 11 is 0. The number of aromatic nitrogens is 2. The Bertz CT molecular complexity index is 271. The molecule has 2 N–H and O–H groups in total. The molecule has 1 aliphatic rings. The molecule has 0 amide bonds. The Morgan fingerprint density at radius 2 is 2.38 bits per heavy atom. The number of hydrogen-bond acceptors (Lipinski definition) is 2. The predicted molar refractivity (Wildman–Crippen MR) is 52.7 cm³/mol. The highest BCUT2D eigenvalue weighted by Crippen LogP contribution is 2.23. The van der Waals surface area contributed by atoms with E-state index in [1.54, 1.807) is 0 Å².